The van der Waals surface area contributed by atoms with Crippen molar-refractivity contribution in [3.8, 4) is 0 Å². The summed E-state index contributed by atoms with van der Waals surface area (Å²) < 4.78 is 0.961. The van der Waals surface area contributed by atoms with E-state index in [1.807, 2.05) is 48.5 Å². The lowest BCUT2D eigenvalue weighted by atomic mass is 10.1. The van der Waals surface area contributed by atoms with Gasteiger partial charge in [-0.15, -0.1) is 0 Å². The van der Waals surface area contributed by atoms with Crippen molar-refractivity contribution in [2.75, 3.05) is 16.8 Å². The zero-order valence-electron chi connectivity index (χ0n) is 12.6. The van der Waals surface area contributed by atoms with Gasteiger partial charge in [0.25, 0.3) is 0 Å². The number of hydrogen-bond donors (Lipinski definition) is 1. The average molecular weight is 373 g/mol. The molecule has 0 aromatic heterocycles. The Morgan fingerprint density at radius 3 is 2.61 bits per heavy atom. The lowest BCUT2D eigenvalue weighted by Gasteiger charge is -2.16. The van der Waals surface area contributed by atoms with Crippen LogP contribution in [-0.4, -0.2) is 18.4 Å². The van der Waals surface area contributed by atoms with Crippen LogP contribution in [0.15, 0.2) is 53.0 Å². The molecule has 1 fully saturated rings. The summed E-state index contributed by atoms with van der Waals surface area (Å²) in [7, 11) is 0. The molecule has 1 aliphatic rings. The number of hydrogen-bond acceptors (Lipinski definition) is 2. The summed E-state index contributed by atoms with van der Waals surface area (Å²) in [4.78, 5) is 25.6. The summed E-state index contributed by atoms with van der Waals surface area (Å²) in [5.41, 5.74) is 2.58. The minimum Gasteiger partial charge on any atom is -0.326 e. The third-order valence-electron chi connectivity index (χ3n) is 3.79. The first kappa shape index (κ1) is 15.7. The second-order valence-electron chi connectivity index (χ2n) is 5.55. The number of anilines is 2. The van der Waals surface area contributed by atoms with E-state index in [0.717, 1.165) is 34.4 Å². The zero-order valence-corrected chi connectivity index (χ0v) is 14.2. The molecule has 3 rings (SSSR count). The van der Waals surface area contributed by atoms with Gasteiger partial charge in [0, 0.05) is 28.8 Å². The van der Waals surface area contributed by atoms with Crippen LogP contribution in [0, 0.1) is 0 Å². The normalized spacial score (nSPS) is 14.1. The highest BCUT2D eigenvalue weighted by molar-refractivity contribution is 9.10. The van der Waals surface area contributed by atoms with Gasteiger partial charge in [0.15, 0.2) is 0 Å². The summed E-state index contributed by atoms with van der Waals surface area (Å²) in [5, 5.41) is 2.88. The Balaban J connectivity index is 1.61. The summed E-state index contributed by atoms with van der Waals surface area (Å²) >= 11 is 3.40. The molecule has 0 atom stereocenters. The van der Waals surface area contributed by atoms with Gasteiger partial charge in [-0.05, 0) is 48.4 Å². The van der Waals surface area contributed by atoms with Crippen LogP contribution in [0.2, 0.25) is 0 Å². The fourth-order valence-electron chi connectivity index (χ4n) is 2.68. The summed E-state index contributed by atoms with van der Waals surface area (Å²) in [5.74, 6) is 0.101. The number of amides is 2. The van der Waals surface area contributed by atoms with E-state index in [9.17, 15) is 9.59 Å². The van der Waals surface area contributed by atoms with Gasteiger partial charge in [-0.25, -0.2) is 0 Å². The zero-order chi connectivity index (χ0) is 16.2. The Kier molecular flexibility index (Phi) is 4.76. The molecule has 0 unspecified atom stereocenters. The van der Waals surface area contributed by atoms with Gasteiger partial charge in [-0.3, -0.25) is 9.59 Å². The van der Waals surface area contributed by atoms with Crippen molar-refractivity contribution in [3.05, 3.63) is 58.6 Å². The minimum atomic E-state index is -0.0619. The van der Waals surface area contributed by atoms with Crippen molar-refractivity contribution in [1.29, 1.82) is 0 Å². The molecule has 118 valence electrons. The monoisotopic (exact) mass is 372 g/mol. The number of nitrogens with one attached hydrogen (secondary N) is 1. The molecule has 5 heteroatoms. The highest BCUT2D eigenvalue weighted by Crippen LogP contribution is 2.23. The average Bonchev–Trinajstić information content (AvgIpc) is 2.94. The largest absolute Gasteiger partial charge is 0.326 e. The van der Waals surface area contributed by atoms with E-state index in [2.05, 4.69) is 21.2 Å². The van der Waals surface area contributed by atoms with Crippen molar-refractivity contribution in [2.45, 2.75) is 19.3 Å². The molecule has 0 saturated carbocycles. The van der Waals surface area contributed by atoms with Crippen LogP contribution in [-0.2, 0) is 16.0 Å². The van der Waals surface area contributed by atoms with Crippen LogP contribution in [0.3, 0.4) is 0 Å². The predicted octanol–water partition coefficient (Wildman–Crippen LogP) is 3.76. The molecule has 2 aromatic rings. The third kappa shape index (κ3) is 3.99. The molecule has 0 aliphatic carbocycles. The molecule has 1 aliphatic heterocycles. The maximum Gasteiger partial charge on any atom is 0.228 e. The van der Waals surface area contributed by atoms with E-state index in [0.29, 0.717) is 12.8 Å². The molecule has 0 bridgehead atoms. The first-order valence-corrected chi connectivity index (χ1v) is 8.36. The Labute approximate surface area is 143 Å². The predicted molar refractivity (Wildman–Crippen MR) is 94.5 cm³/mol. The molecule has 23 heavy (non-hydrogen) atoms. The van der Waals surface area contributed by atoms with Gasteiger partial charge in [0.05, 0.1) is 6.42 Å². The molecular formula is C18H17BrN2O2. The van der Waals surface area contributed by atoms with E-state index >= 15 is 0 Å². The van der Waals surface area contributed by atoms with Crippen molar-refractivity contribution < 1.29 is 9.59 Å². The lowest BCUT2D eigenvalue weighted by Crippen LogP contribution is -2.23. The fourth-order valence-corrected chi connectivity index (χ4v) is 3.13. The highest BCUT2D eigenvalue weighted by Gasteiger charge is 2.21. The molecule has 1 saturated heterocycles. The number of halogens is 1. The number of benzene rings is 2. The summed E-state index contributed by atoms with van der Waals surface area (Å²) in [6, 6.07) is 15.1. The van der Waals surface area contributed by atoms with Crippen LogP contribution < -0.4 is 10.2 Å². The molecule has 2 aromatic carbocycles. The van der Waals surface area contributed by atoms with Gasteiger partial charge in [-0.1, -0.05) is 28.1 Å². The van der Waals surface area contributed by atoms with Gasteiger partial charge < -0.3 is 10.2 Å². The molecule has 1 heterocycles. The minimum absolute atomic E-state index is 0.0619. The van der Waals surface area contributed by atoms with E-state index in [-0.39, 0.29) is 11.8 Å². The van der Waals surface area contributed by atoms with E-state index in [1.165, 1.54) is 0 Å². The SMILES string of the molecule is O=C(Cc1cccc(Br)c1)Nc1ccc(N2CCCC2=O)cc1. The number of rotatable bonds is 4. The van der Waals surface area contributed by atoms with Crippen LogP contribution in [0.5, 0.6) is 0 Å². The van der Waals surface area contributed by atoms with Crippen LogP contribution in [0.25, 0.3) is 0 Å². The molecule has 0 radical (unpaired) electrons. The Morgan fingerprint density at radius 1 is 1.17 bits per heavy atom. The van der Waals surface area contributed by atoms with Gasteiger partial charge in [-0.2, -0.15) is 0 Å². The van der Waals surface area contributed by atoms with Crippen LogP contribution in [0.4, 0.5) is 11.4 Å². The number of carbonyl (C=O) groups is 2. The van der Waals surface area contributed by atoms with Crippen LogP contribution in [0.1, 0.15) is 18.4 Å². The quantitative estimate of drug-likeness (QED) is 0.887. The number of carbonyl (C=O) groups excluding carboxylic acids is 2. The summed E-state index contributed by atoms with van der Waals surface area (Å²) in [6.07, 6.45) is 1.85. The Morgan fingerprint density at radius 2 is 1.96 bits per heavy atom. The topological polar surface area (TPSA) is 49.4 Å². The van der Waals surface area contributed by atoms with Crippen molar-refractivity contribution in [3.63, 3.8) is 0 Å². The Bertz CT molecular complexity index is 728. The lowest BCUT2D eigenvalue weighted by molar-refractivity contribution is -0.117. The molecule has 2 amide bonds. The van der Waals surface area contributed by atoms with E-state index < -0.39 is 0 Å². The standard InChI is InChI=1S/C18H17BrN2O2/c19-14-4-1-3-13(11-14)12-17(22)20-15-6-8-16(9-7-15)21-10-2-5-18(21)23/h1,3-4,6-9,11H,2,5,10,12H2,(H,20,22). The maximum atomic E-state index is 12.1. The molecule has 0 spiro atoms. The van der Waals surface area contributed by atoms with Crippen molar-refractivity contribution in [2.24, 2.45) is 0 Å². The summed E-state index contributed by atoms with van der Waals surface area (Å²) in [6.45, 7) is 0.771. The maximum absolute atomic E-state index is 12.1. The molecule has 4 nitrogen and oxygen atoms in total. The first-order valence-electron chi connectivity index (χ1n) is 7.56. The molecular weight excluding hydrogens is 356 g/mol. The highest BCUT2D eigenvalue weighted by atomic mass is 79.9. The van der Waals surface area contributed by atoms with Gasteiger partial charge in [0.2, 0.25) is 11.8 Å². The third-order valence-corrected chi connectivity index (χ3v) is 4.28. The second-order valence-corrected chi connectivity index (χ2v) is 6.47. The second kappa shape index (κ2) is 6.96. The smallest absolute Gasteiger partial charge is 0.228 e. The Hall–Kier alpha value is -2.14. The van der Waals surface area contributed by atoms with E-state index in [4.69, 9.17) is 0 Å². The van der Waals surface area contributed by atoms with Crippen LogP contribution >= 0.6 is 15.9 Å². The van der Waals surface area contributed by atoms with Crippen molar-refractivity contribution >= 4 is 39.1 Å². The van der Waals surface area contributed by atoms with Gasteiger partial charge >= 0.3 is 0 Å². The van der Waals surface area contributed by atoms with Crippen molar-refractivity contribution in [1.82, 2.24) is 0 Å². The van der Waals surface area contributed by atoms with Gasteiger partial charge in [0.1, 0.15) is 0 Å². The molecule has 1 N–H and O–H groups in total. The number of nitrogens with zero attached hydrogens (tertiary/aromatic N) is 1. The van der Waals surface area contributed by atoms with E-state index in [1.54, 1.807) is 4.90 Å². The fraction of sp³-hybridized carbons (Fsp3) is 0.222. The first-order chi connectivity index (χ1) is 11.1.